The number of benzene rings is 2. The first-order valence-electron chi connectivity index (χ1n) is 8.56. The molecular weight excluding hydrogens is 332 g/mol. The van der Waals surface area contributed by atoms with E-state index in [1.165, 1.54) is 0 Å². The Morgan fingerprint density at radius 1 is 1.08 bits per heavy atom. The molecule has 0 aliphatic rings. The van der Waals surface area contributed by atoms with E-state index >= 15 is 0 Å². The second kappa shape index (κ2) is 9.46. The van der Waals surface area contributed by atoms with Crippen molar-refractivity contribution in [1.29, 1.82) is 0 Å². The fourth-order valence-corrected chi connectivity index (χ4v) is 2.27. The molecular formula is C20H24N2O4. The average molecular weight is 356 g/mol. The summed E-state index contributed by atoms with van der Waals surface area (Å²) in [6.45, 7) is 6.42. The Balaban J connectivity index is 1.99. The van der Waals surface area contributed by atoms with E-state index in [9.17, 15) is 9.59 Å². The SMILES string of the molecule is CCN(Cc1ccccc1)C(=O)Oc1cccc(NC(=O)OC(C)C)c1. The van der Waals surface area contributed by atoms with Gasteiger partial charge in [-0.15, -0.1) is 0 Å². The molecule has 2 amide bonds. The predicted octanol–water partition coefficient (Wildman–Crippen LogP) is 4.66. The number of carbonyl (C=O) groups is 2. The van der Waals surface area contributed by atoms with Crippen LogP contribution < -0.4 is 10.1 Å². The number of anilines is 1. The lowest BCUT2D eigenvalue weighted by molar-refractivity contribution is 0.130. The van der Waals surface area contributed by atoms with Crippen molar-refractivity contribution in [2.24, 2.45) is 0 Å². The minimum Gasteiger partial charge on any atom is -0.447 e. The van der Waals surface area contributed by atoms with Crippen LogP contribution in [0, 0.1) is 0 Å². The van der Waals surface area contributed by atoms with Crippen LogP contribution >= 0.6 is 0 Å². The van der Waals surface area contributed by atoms with Gasteiger partial charge in [0, 0.05) is 24.8 Å². The average Bonchev–Trinajstić information content (AvgIpc) is 2.60. The number of hydrogen-bond donors (Lipinski definition) is 1. The molecule has 2 rings (SSSR count). The Morgan fingerprint density at radius 2 is 1.81 bits per heavy atom. The monoisotopic (exact) mass is 356 g/mol. The third-order valence-electron chi connectivity index (χ3n) is 3.48. The van der Waals surface area contributed by atoms with Gasteiger partial charge in [0.1, 0.15) is 5.75 Å². The topological polar surface area (TPSA) is 67.9 Å². The maximum Gasteiger partial charge on any atom is 0.415 e. The lowest BCUT2D eigenvalue weighted by Crippen LogP contribution is -2.32. The van der Waals surface area contributed by atoms with E-state index in [0.29, 0.717) is 24.5 Å². The second-order valence-electron chi connectivity index (χ2n) is 5.97. The molecule has 0 aliphatic carbocycles. The van der Waals surface area contributed by atoms with Gasteiger partial charge in [0.15, 0.2) is 0 Å². The highest BCUT2D eigenvalue weighted by molar-refractivity contribution is 5.85. The summed E-state index contributed by atoms with van der Waals surface area (Å²) in [6, 6.07) is 16.3. The maximum absolute atomic E-state index is 12.4. The zero-order valence-electron chi connectivity index (χ0n) is 15.3. The van der Waals surface area contributed by atoms with Crippen LogP contribution in [0.4, 0.5) is 15.3 Å². The van der Waals surface area contributed by atoms with Crippen molar-refractivity contribution in [3.05, 3.63) is 60.2 Å². The van der Waals surface area contributed by atoms with Crippen molar-refractivity contribution < 1.29 is 19.1 Å². The predicted molar refractivity (Wildman–Crippen MR) is 100 cm³/mol. The smallest absolute Gasteiger partial charge is 0.415 e. The Kier molecular flexibility index (Phi) is 7.02. The molecule has 0 spiro atoms. The molecule has 6 heteroatoms. The van der Waals surface area contributed by atoms with Gasteiger partial charge < -0.3 is 14.4 Å². The minimum absolute atomic E-state index is 0.216. The summed E-state index contributed by atoms with van der Waals surface area (Å²) in [5, 5.41) is 2.60. The molecule has 0 fully saturated rings. The van der Waals surface area contributed by atoms with Crippen LogP contribution in [-0.2, 0) is 11.3 Å². The van der Waals surface area contributed by atoms with Gasteiger partial charge in [-0.2, -0.15) is 0 Å². The van der Waals surface area contributed by atoms with E-state index in [4.69, 9.17) is 9.47 Å². The van der Waals surface area contributed by atoms with Crippen molar-refractivity contribution in [3.63, 3.8) is 0 Å². The van der Waals surface area contributed by atoms with Crippen LogP contribution in [0.5, 0.6) is 5.75 Å². The van der Waals surface area contributed by atoms with Crippen molar-refractivity contribution in [3.8, 4) is 5.75 Å². The standard InChI is InChI=1S/C20H24N2O4/c1-4-22(14-16-9-6-5-7-10-16)20(24)26-18-12-8-11-17(13-18)21-19(23)25-15(2)3/h5-13,15H,4,14H2,1-3H3,(H,21,23). The number of hydrogen-bond acceptors (Lipinski definition) is 4. The largest absolute Gasteiger partial charge is 0.447 e. The number of rotatable bonds is 6. The summed E-state index contributed by atoms with van der Waals surface area (Å²) >= 11 is 0. The summed E-state index contributed by atoms with van der Waals surface area (Å²) in [5.74, 6) is 0.351. The number of nitrogens with zero attached hydrogens (tertiary/aromatic N) is 1. The van der Waals surface area contributed by atoms with Gasteiger partial charge in [-0.25, -0.2) is 9.59 Å². The zero-order chi connectivity index (χ0) is 18.9. The van der Waals surface area contributed by atoms with E-state index in [0.717, 1.165) is 5.56 Å². The fraction of sp³-hybridized carbons (Fsp3) is 0.300. The number of nitrogens with one attached hydrogen (secondary N) is 1. The molecule has 2 aromatic carbocycles. The highest BCUT2D eigenvalue weighted by Gasteiger charge is 2.15. The molecule has 0 aromatic heterocycles. The first-order chi connectivity index (χ1) is 12.5. The summed E-state index contributed by atoms with van der Waals surface area (Å²) in [7, 11) is 0. The summed E-state index contributed by atoms with van der Waals surface area (Å²) in [4.78, 5) is 25.7. The first kappa shape index (κ1) is 19.3. The molecule has 2 aromatic rings. The molecule has 0 saturated carbocycles. The Hall–Kier alpha value is -3.02. The van der Waals surface area contributed by atoms with Gasteiger partial charge >= 0.3 is 12.2 Å². The quantitative estimate of drug-likeness (QED) is 0.817. The number of carbonyl (C=O) groups excluding carboxylic acids is 2. The Labute approximate surface area is 153 Å². The lowest BCUT2D eigenvalue weighted by Gasteiger charge is -2.20. The second-order valence-corrected chi connectivity index (χ2v) is 5.97. The first-order valence-corrected chi connectivity index (χ1v) is 8.56. The third kappa shape index (κ3) is 6.12. The molecule has 0 atom stereocenters. The Morgan fingerprint density at radius 3 is 2.46 bits per heavy atom. The molecule has 0 unspecified atom stereocenters. The van der Waals surface area contributed by atoms with Crippen LogP contribution in [0.25, 0.3) is 0 Å². The highest BCUT2D eigenvalue weighted by atomic mass is 16.6. The van der Waals surface area contributed by atoms with E-state index in [-0.39, 0.29) is 6.10 Å². The van der Waals surface area contributed by atoms with Gasteiger partial charge in [-0.1, -0.05) is 36.4 Å². The zero-order valence-corrected chi connectivity index (χ0v) is 15.3. The molecule has 6 nitrogen and oxygen atoms in total. The number of ether oxygens (including phenoxy) is 2. The van der Waals surface area contributed by atoms with Gasteiger partial charge in [0.25, 0.3) is 0 Å². The molecule has 0 heterocycles. The molecule has 0 bridgehead atoms. The number of amides is 2. The van der Waals surface area contributed by atoms with Crippen LogP contribution in [0.3, 0.4) is 0 Å². The van der Waals surface area contributed by atoms with Crippen molar-refractivity contribution >= 4 is 17.9 Å². The molecule has 0 saturated heterocycles. The molecule has 138 valence electrons. The van der Waals surface area contributed by atoms with E-state index in [2.05, 4.69) is 5.32 Å². The van der Waals surface area contributed by atoms with E-state index in [1.54, 1.807) is 43.0 Å². The summed E-state index contributed by atoms with van der Waals surface area (Å²) in [6.07, 6.45) is -1.21. The van der Waals surface area contributed by atoms with Crippen LogP contribution in [0.15, 0.2) is 54.6 Å². The summed E-state index contributed by atoms with van der Waals surface area (Å²) in [5.41, 5.74) is 1.52. The lowest BCUT2D eigenvalue weighted by atomic mass is 10.2. The fourth-order valence-electron chi connectivity index (χ4n) is 2.27. The van der Waals surface area contributed by atoms with Gasteiger partial charge in [-0.05, 0) is 38.5 Å². The van der Waals surface area contributed by atoms with Crippen molar-refractivity contribution in [2.75, 3.05) is 11.9 Å². The van der Waals surface area contributed by atoms with Crippen molar-refractivity contribution in [1.82, 2.24) is 4.90 Å². The van der Waals surface area contributed by atoms with Gasteiger partial charge in [0.05, 0.1) is 6.10 Å². The summed E-state index contributed by atoms with van der Waals surface area (Å²) < 4.78 is 10.5. The van der Waals surface area contributed by atoms with Gasteiger partial charge in [-0.3, -0.25) is 5.32 Å². The maximum atomic E-state index is 12.4. The van der Waals surface area contributed by atoms with E-state index < -0.39 is 12.2 Å². The highest BCUT2D eigenvalue weighted by Crippen LogP contribution is 2.19. The van der Waals surface area contributed by atoms with Crippen molar-refractivity contribution in [2.45, 2.75) is 33.4 Å². The molecule has 0 aliphatic heterocycles. The van der Waals surface area contributed by atoms with Gasteiger partial charge in [0.2, 0.25) is 0 Å². The normalized spacial score (nSPS) is 10.3. The third-order valence-corrected chi connectivity index (χ3v) is 3.48. The molecule has 1 N–H and O–H groups in total. The molecule has 0 radical (unpaired) electrons. The van der Waals surface area contributed by atoms with Crippen LogP contribution in [0.2, 0.25) is 0 Å². The minimum atomic E-state index is -0.553. The van der Waals surface area contributed by atoms with E-state index in [1.807, 2.05) is 37.3 Å². The van der Waals surface area contributed by atoms with Crippen LogP contribution in [-0.4, -0.2) is 29.7 Å². The Bertz CT molecular complexity index is 732. The molecule has 26 heavy (non-hydrogen) atoms. The van der Waals surface area contributed by atoms with Crippen LogP contribution in [0.1, 0.15) is 26.3 Å².